The maximum Gasteiger partial charge on any atom is 0.344 e. The Morgan fingerprint density at radius 1 is 0.862 bits per heavy atom. The molecular weight excluding hydrogens is 358 g/mol. The zero-order valence-corrected chi connectivity index (χ0v) is 16.4. The highest BCUT2D eigenvalue weighted by Crippen LogP contribution is 2.22. The summed E-state index contributed by atoms with van der Waals surface area (Å²) >= 11 is 0. The van der Waals surface area contributed by atoms with Gasteiger partial charge in [-0.2, -0.15) is 0 Å². The van der Waals surface area contributed by atoms with Gasteiger partial charge in [-0.1, -0.05) is 54.1 Å². The van der Waals surface area contributed by atoms with Crippen molar-refractivity contribution in [1.29, 1.82) is 0 Å². The minimum atomic E-state index is -0.363. The van der Waals surface area contributed by atoms with Gasteiger partial charge >= 0.3 is 5.97 Å². The highest BCUT2D eigenvalue weighted by molar-refractivity contribution is 6.05. The number of ether oxygens (including phenoxy) is 1. The van der Waals surface area contributed by atoms with Crippen molar-refractivity contribution >= 4 is 28.6 Å². The van der Waals surface area contributed by atoms with Crippen LogP contribution in [0.5, 0.6) is 5.75 Å². The normalized spacial score (nSPS) is 11.1. The Bertz CT molecular complexity index is 1200. The molecule has 0 heterocycles. The van der Waals surface area contributed by atoms with Gasteiger partial charge in [0.2, 0.25) is 0 Å². The van der Waals surface area contributed by atoms with Crippen LogP contribution in [0, 0.1) is 13.8 Å². The zero-order valence-electron chi connectivity index (χ0n) is 16.4. The third-order valence-corrected chi connectivity index (χ3v) is 4.81. The molecule has 0 bridgehead atoms. The summed E-state index contributed by atoms with van der Waals surface area (Å²) in [7, 11) is 0. The maximum atomic E-state index is 12.6. The molecule has 0 atom stereocenters. The zero-order chi connectivity index (χ0) is 20.2. The number of nitrogens with zero attached hydrogens (tertiary/aromatic N) is 1. The highest BCUT2D eigenvalue weighted by Gasteiger charge is 2.12. The smallest absolute Gasteiger partial charge is 0.344 e. The lowest BCUT2D eigenvalue weighted by Crippen LogP contribution is -2.09. The number of benzene rings is 4. The summed E-state index contributed by atoms with van der Waals surface area (Å²) in [4.78, 5) is 17.2. The Morgan fingerprint density at radius 2 is 1.62 bits per heavy atom. The van der Waals surface area contributed by atoms with Crippen molar-refractivity contribution in [3.63, 3.8) is 0 Å². The van der Waals surface area contributed by atoms with E-state index in [0.29, 0.717) is 11.3 Å². The summed E-state index contributed by atoms with van der Waals surface area (Å²) in [5.74, 6) is 0.144. The van der Waals surface area contributed by atoms with Gasteiger partial charge in [-0.3, -0.25) is 4.99 Å². The van der Waals surface area contributed by atoms with Gasteiger partial charge in [0.25, 0.3) is 0 Å². The fraction of sp³-hybridized carbons (Fsp3) is 0.0769. The first-order chi connectivity index (χ1) is 14.1. The fourth-order valence-corrected chi connectivity index (χ4v) is 3.28. The Labute approximate surface area is 170 Å². The number of fused-ring (bicyclic) bond motifs is 1. The van der Waals surface area contributed by atoms with E-state index in [1.165, 1.54) is 5.56 Å². The van der Waals surface area contributed by atoms with Crippen LogP contribution in [-0.4, -0.2) is 12.2 Å². The van der Waals surface area contributed by atoms with E-state index in [1.54, 1.807) is 18.2 Å². The number of hydrogen-bond acceptors (Lipinski definition) is 3. The van der Waals surface area contributed by atoms with E-state index in [4.69, 9.17) is 4.74 Å². The predicted molar refractivity (Wildman–Crippen MR) is 119 cm³/mol. The Kier molecular flexibility index (Phi) is 5.21. The second-order valence-corrected chi connectivity index (χ2v) is 7.03. The number of aryl methyl sites for hydroxylation is 2. The molecule has 3 nitrogen and oxygen atoms in total. The number of aliphatic imine (C=N–C) groups is 1. The second kappa shape index (κ2) is 8.11. The summed E-state index contributed by atoms with van der Waals surface area (Å²) < 4.78 is 5.58. The van der Waals surface area contributed by atoms with Gasteiger partial charge in [-0.25, -0.2) is 4.79 Å². The molecule has 0 aromatic heterocycles. The van der Waals surface area contributed by atoms with Crippen LogP contribution in [0.15, 0.2) is 89.9 Å². The van der Waals surface area contributed by atoms with E-state index in [0.717, 1.165) is 27.6 Å². The topological polar surface area (TPSA) is 38.7 Å². The lowest BCUT2D eigenvalue weighted by molar-refractivity contribution is 0.0737. The third kappa shape index (κ3) is 4.25. The van der Waals surface area contributed by atoms with E-state index in [2.05, 4.69) is 31.0 Å². The largest absolute Gasteiger partial charge is 0.423 e. The van der Waals surface area contributed by atoms with E-state index >= 15 is 0 Å². The number of hydrogen-bond donors (Lipinski definition) is 0. The van der Waals surface area contributed by atoms with Gasteiger partial charge in [0.1, 0.15) is 5.75 Å². The van der Waals surface area contributed by atoms with Crippen molar-refractivity contribution in [2.45, 2.75) is 13.8 Å². The molecule has 0 aliphatic rings. The molecule has 0 spiro atoms. The van der Waals surface area contributed by atoms with Crippen molar-refractivity contribution in [2.24, 2.45) is 4.99 Å². The summed E-state index contributed by atoms with van der Waals surface area (Å²) in [6.45, 7) is 4.12. The van der Waals surface area contributed by atoms with Crippen LogP contribution in [0.3, 0.4) is 0 Å². The summed E-state index contributed by atoms with van der Waals surface area (Å²) in [5.41, 5.74) is 4.81. The number of carbonyl (C=O) groups excluding carboxylic acids is 1. The first-order valence-electron chi connectivity index (χ1n) is 9.51. The molecule has 0 N–H and O–H groups in total. The molecule has 0 amide bonds. The van der Waals surface area contributed by atoms with Crippen LogP contribution in [-0.2, 0) is 0 Å². The molecule has 29 heavy (non-hydrogen) atoms. The van der Waals surface area contributed by atoms with Gasteiger partial charge in [-0.05, 0) is 72.1 Å². The molecule has 0 saturated carbocycles. The van der Waals surface area contributed by atoms with Gasteiger partial charge in [0.15, 0.2) is 0 Å². The summed E-state index contributed by atoms with van der Waals surface area (Å²) in [6, 6.07) is 26.9. The summed E-state index contributed by atoms with van der Waals surface area (Å²) in [6.07, 6.45) is 1.81. The molecular formula is C26H21NO2. The molecule has 0 aliphatic carbocycles. The Morgan fingerprint density at radius 3 is 2.41 bits per heavy atom. The minimum Gasteiger partial charge on any atom is -0.423 e. The lowest BCUT2D eigenvalue weighted by Gasteiger charge is -2.07. The van der Waals surface area contributed by atoms with Gasteiger partial charge in [-0.15, -0.1) is 0 Å². The SMILES string of the molecule is Cc1ccc(N=Cc2ccc(OC(=O)c3cccc4ccccc34)cc2)c(C)c1. The fourth-order valence-electron chi connectivity index (χ4n) is 3.28. The Balaban J connectivity index is 1.49. The van der Waals surface area contributed by atoms with Gasteiger partial charge in [0.05, 0.1) is 11.3 Å². The number of rotatable bonds is 4. The Hall–Kier alpha value is -3.72. The van der Waals surface area contributed by atoms with Crippen molar-refractivity contribution in [3.8, 4) is 5.75 Å². The van der Waals surface area contributed by atoms with Crippen LogP contribution in [0.1, 0.15) is 27.0 Å². The van der Waals surface area contributed by atoms with E-state index < -0.39 is 0 Å². The predicted octanol–water partition coefficient (Wildman–Crippen LogP) is 6.43. The van der Waals surface area contributed by atoms with E-state index in [9.17, 15) is 4.79 Å². The first-order valence-corrected chi connectivity index (χ1v) is 9.51. The van der Waals surface area contributed by atoms with Crippen molar-refractivity contribution < 1.29 is 9.53 Å². The minimum absolute atomic E-state index is 0.363. The van der Waals surface area contributed by atoms with Crippen molar-refractivity contribution in [1.82, 2.24) is 0 Å². The van der Waals surface area contributed by atoms with Crippen LogP contribution in [0.2, 0.25) is 0 Å². The highest BCUT2D eigenvalue weighted by atomic mass is 16.5. The van der Waals surface area contributed by atoms with E-state index in [1.807, 2.05) is 60.8 Å². The second-order valence-electron chi connectivity index (χ2n) is 7.03. The molecule has 0 unspecified atom stereocenters. The van der Waals surface area contributed by atoms with E-state index in [-0.39, 0.29) is 5.97 Å². The number of esters is 1. The van der Waals surface area contributed by atoms with Gasteiger partial charge in [0, 0.05) is 6.21 Å². The van der Waals surface area contributed by atoms with Crippen LogP contribution >= 0.6 is 0 Å². The van der Waals surface area contributed by atoms with Crippen LogP contribution in [0.4, 0.5) is 5.69 Å². The van der Waals surface area contributed by atoms with Crippen molar-refractivity contribution in [2.75, 3.05) is 0 Å². The van der Waals surface area contributed by atoms with Crippen molar-refractivity contribution in [3.05, 3.63) is 107 Å². The third-order valence-electron chi connectivity index (χ3n) is 4.81. The molecule has 4 aromatic carbocycles. The molecule has 142 valence electrons. The molecule has 3 heteroatoms. The summed E-state index contributed by atoms with van der Waals surface area (Å²) in [5, 5.41) is 1.90. The molecule has 0 aliphatic heterocycles. The molecule has 0 saturated heterocycles. The average Bonchev–Trinajstić information content (AvgIpc) is 2.74. The van der Waals surface area contributed by atoms with Gasteiger partial charge < -0.3 is 4.74 Å². The molecule has 0 fully saturated rings. The average molecular weight is 379 g/mol. The molecule has 0 radical (unpaired) electrons. The quantitative estimate of drug-likeness (QED) is 0.233. The van der Waals surface area contributed by atoms with Crippen LogP contribution in [0.25, 0.3) is 10.8 Å². The van der Waals surface area contributed by atoms with Crippen LogP contribution < -0.4 is 4.74 Å². The monoisotopic (exact) mass is 379 g/mol. The molecule has 4 rings (SSSR count). The first kappa shape index (κ1) is 18.6. The molecule has 4 aromatic rings. The maximum absolute atomic E-state index is 12.6. The number of carbonyl (C=O) groups is 1. The standard InChI is InChI=1S/C26H21NO2/c1-18-10-15-25(19(2)16-18)27-17-20-11-13-22(14-12-20)29-26(28)24-9-5-7-21-6-3-4-8-23(21)24/h3-17H,1-2H3. The lowest BCUT2D eigenvalue weighted by atomic mass is 10.0.